The monoisotopic (exact) mass is 396 g/mol. The molecule has 154 valence electrons. The molecule has 0 saturated heterocycles. The molecule has 0 radical (unpaired) electrons. The summed E-state index contributed by atoms with van der Waals surface area (Å²) in [5.41, 5.74) is 8.91. The second-order valence-electron chi connectivity index (χ2n) is 8.84. The van der Waals surface area contributed by atoms with E-state index in [-0.39, 0.29) is 23.3 Å². The summed E-state index contributed by atoms with van der Waals surface area (Å²) in [5, 5.41) is 11.7. The highest BCUT2D eigenvalue weighted by atomic mass is 16.5. The van der Waals surface area contributed by atoms with Crippen molar-refractivity contribution < 1.29 is 9.53 Å². The van der Waals surface area contributed by atoms with Crippen LogP contribution in [0.3, 0.4) is 0 Å². The number of pyridine rings is 1. The lowest BCUT2D eigenvalue weighted by molar-refractivity contribution is -0.117. The third-order valence-corrected chi connectivity index (χ3v) is 5.37. The molecule has 3 heterocycles. The molecule has 3 aromatic heterocycles. The third-order valence-electron chi connectivity index (χ3n) is 5.37. The number of amides is 1. The molecule has 1 saturated carbocycles. The van der Waals surface area contributed by atoms with Gasteiger partial charge in [0.25, 0.3) is 0 Å². The number of fused-ring (bicyclic) bond motifs is 1. The highest BCUT2D eigenvalue weighted by molar-refractivity contribution is 5.93. The molecule has 1 unspecified atom stereocenters. The minimum absolute atomic E-state index is 0.0415. The Hall–Kier alpha value is -2.87. The Balaban J connectivity index is 1.57. The summed E-state index contributed by atoms with van der Waals surface area (Å²) in [6, 6.07) is 5.74. The zero-order chi connectivity index (χ0) is 20.8. The van der Waals surface area contributed by atoms with Crippen molar-refractivity contribution in [3.05, 3.63) is 30.6 Å². The Morgan fingerprint density at radius 3 is 2.83 bits per heavy atom. The summed E-state index contributed by atoms with van der Waals surface area (Å²) < 4.78 is 9.55. The number of anilines is 1. The molecular formula is C21H28N6O2. The van der Waals surface area contributed by atoms with Crippen LogP contribution in [-0.4, -0.2) is 38.0 Å². The Kier molecular flexibility index (Phi) is 4.82. The molecule has 8 nitrogen and oxygen atoms in total. The molecule has 0 spiro atoms. The summed E-state index contributed by atoms with van der Waals surface area (Å²) in [5.74, 6) is 1.45. The molecule has 4 rings (SSSR count). The first kappa shape index (κ1) is 19.4. The van der Waals surface area contributed by atoms with Crippen molar-refractivity contribution in [1.29, 1.82) is 0 Å². The SMILES string of the molecule is Cn1ncc(OCC(N)C(C)(C)C)c1-c1ccn2nc(NC(=O)C3CC3)cc2c1. The standard InChI is InChI=1S/C21H28N6O2/c1-21(2,3)17(22)12-29-16-11-23-26(4)19(16)14-7-8-27-15(9-14)10-18(25-27)24-20(28)13-5-6-13/h7-11,13,17H,5-6,12,22H2,1-4H3,(H,24,25,28). The van der Waals surface area contributed by atoms with Crippen molar-refractivity contribution in [2.45, 2.75) is 39.7 Å². The van der Waals surface area contributed by atoms with Crippen LogP contribution in [0.25, 0.3) is 16.8 Å². The fourth-order valence-electron chi connectivity index (χ4n) is 3.06. The van der Waals surface area contributed by atoms with E-state index in [1.807, 2.05) is 31.4 Å². The first-order valence-corrected chi connectivity index (χ1v) is 9.93. The molecule has 29 heavy (non-hydrogen) atoms. The lowest BCUT2D eigenvalue weighted by Gasteiger charge is -2.26. The van der Waals surface area contributed by atoms with Crippen molar-refractivity contribution in [2.24, 2.45) is 24.1 Å². The predicted octanol–water partition coefficient (Wildman–Crippen LogP) is 2.84. The van der Waals surface area contributed by atoms with Gasteiger partial charge in [-0.25, -0.2) is 4.52 Å². The van der Waals surface area contributed by atoms with Crippen LogP contribution >= 0.6 is 0 Å². The fraction of sp³-hybridized carbons (Fsp3) is 0.476. The van der Waals surface area contributed by atoms with Crippen LogP contribution in [-0.2, 0) is 11.8 Å². The number of nitrogens with one attached hydrogen (secondary N) is 1. The van der Waals surface area contributed by atoms with E-state index in [0.717, 1.165) is 29.6 Å². The average Bonchev–Trinajstić information content (AvgIpc) is 3.34. The maximum absolute atomic E-state index is 12.0. The number of nitrogens with zero attached hydrogens (tertiary/aromatic N) is 4. The summed E-state index contributed by atoms with van der Waals surface area (Å²) >= 11 is 0. The molecule has 1 atom stereocenters. The number of hydrogen-bond acceptors (Lipinski definition) is 5. The molecule has 3 N–H and O–H groups in total. The molecule has 1 amide bonds. The van der Waals surface area contributed by atoms with Crippen molar-refractivity contribution in [2.75, 3.05) is 11.9 Å². The quantitative estimate of drug-likeness (QED) is 0.667. The van der Waals surface area contributed by atoms with Gasteiger partial charge in [-0.05, 0) is 30.4 Å². The van der Waals surface area contributed by atoms with Gasteiger partial charge < -0.3 is 15.8 Å². The highest BCUT2D eigenvalue weighted by Crippen LogP contribution is 2.32. The summed E-state index contributed by atoms with van der Waals surface area (Å²) in [4.78, 5) is 12.0. The van der Waals surface area contributed by atoms with Crippen molar-refractivity contribution in [1.82, 2.24) is 19.4 Å². The Bertz CT molecular complexity index is 1040. The number of nitrogens with two attached hydrogens (primary N) is 1. The maximum Gasteiger partial charge on any atom is 0.228 e. The second kappa shape index (κ2) is 7.18. The third kappa shape index (κ3) is 4.12. The minimum Gasteiger partial charge on any atom is -0.488 e. The van der Waals surface area contributed by atoms with E-state index in [2.05, 4.69) is 36.3 Å². The Labute approximate surface area is 170 Å². The van der Waals surface area contributed by atoms with E-state index in [1.54, 1.807) is 15.4 Å². The molecule has 3 aromatic rings. The number of hydrogen-bond donors (Lipinski definition) is 2. The van der Waals surface area contributed by atoms with E-state index >= 15 is 0 Å². The molecular weight excluding hydrogens is 368 g/mol. The number of carbonyl (C=O) groups excluding carboxylic acids is 1. The van der Waals surface area contributed by atoms with Crippen LogP contribution < -0.4 is 15.8 Å². The van der Waals surface area contributed by atoms with Crippen molar-refractivity contribution >= 4 is 17.2 Å². The normalized spacial score (nSPS) is 15.5. The molecule has 0 bridgehead atoms. The highest BCUT2D eigenvalue weighted by Gasteiger charge is 2.30. The zero-order valence-electron chi connectivity index (χ0n) is 17.3. The van der Waals surface area contributed by atoms with Gasteiger partial charge in [0, 0.05) is 36.8 Å². The molecule has 1 fully saturated rings. The smallest absolute Gasteiger partial charge is 0.228 e. The van der Waals surface area contributed by atoms with Crippen LogP contribution in [0.1, 0.15) is 33.6 Å². The summed E-state index contributed by atoms with van der Waals surface area (Å²) in [7, 11) is 1.88. The largest absolute Gasteiger partial charge is 0.488 e. The van der Waals surface area contributed by atoms with Crippen molar-refractivity contribution in [3.63, 3.8) is 0 Å². The zero-order valence-corrected chi connectivity index (χ0v) is 17.3. The van der Waals surface area contributed by atoms with Gasteiger partial charge in [-0.3, -0.25) is 9.48 Å². The second-order valence-corrected chi connectivity index (χ2v) is 8.84. The first-order valence-electron chi connectivity index (χ1n) is 9.93. The maximum atomic E-state index is 12.0. The van der Waals surface area contributed by atoms with Gasteiger partial charge in [0.1, 0.15) is 12.3 Å². The van der Waals surface area contributed by atoms with Gasteiger partial charge in [-0.1, -0.05) is 20.8 Å². The van der Waals surface area contributed by atoms with Crippen LogP contribution in [0.4, 0.5) is 5.82 Å². The summed E-state index contributed by atoms with van der Waals surface area (Å²) in [6.07, 6.45) is 5.51. The van der Waals surface area contributed by atoms with E-state index in [0.29, 0.717) is 18.2 Å². The summed E-state index contributed by atoms with van der Waals surface area (Å²) in [6.45, 7) is 6.70. The number of ether oxygens (including phenoxy) is 1. The van der Waals surface area contributed by atoms with Crippen molar-refractivity contribution in [3.8, 4) is 17.0 Å². The lowest BCUT2D eigenvalue weighted by atomic mass is 9.88. The van der Waals surface area contributed by atoms with E-state index in [4.69, 9.17) is 10.5 Å². The van der Waals surface area contributed by atoms with Gasteiger partial charge in [0.05, 0.1) is 11.7 Å². The van der Waals surface area contributed by atoms with Crippen LogP contribution in [0.5, 0.6) is 5.75 Å². The topological polar surface area (TPSA) is 99.5 Å². The molecule has 0 aromatic carbocycles. The van der Waals surface area contributed by atoms with Crippen LogP contribution in [0, 0.1) is 11.3 Å². The molecule has 1 aliphatic rings. The lowest BCUT2D eigenvalue weighted by Crippen LogP contribution is -2.40. The predicted molar refractivity (Wildman–Crippen MR) is 112 cm³/mol. The Morgan fingerprint density at radius 1 is 1.38 bits per heavy atom. The van der Waals surface area contributed by atoms with Gasteiger partial charge in [-0.2, -0.15) is 10.2 Å². The van der Waals surface area contributed by atoms with Crippen LogP contribution in [0.2, 0.25) is 0 Å². The van der Waals surface area contributed by atoms with E-state index in [9.17, 15) is 4.79 Å². The van der Waals surface area contributed by atoms with E-state index < -0.39 is 0 Å². The molecule has 1 aliphatic carbocycles. The number of rotatable bonds is 6. The fourth-order valence-corrected chi connectivity index (χ4v) is 3.06. The average molecular weight is 396 g/mol. The van der Waals surface area contributed by atoms with Crippen LogP contribution in [0.15, 0.2) is 30.6 Å². The van der Waals surface area contributed by atoms with Gasteiger partial charge >= 0.3 is 0 Å². The first-order chi connectivity index (χ1) is 13.7. The van der Waals surface area contributed by atoms with Gasteiger partial charge in [0.15, 0.2) is 11.6 Å². The number of aryl methyl sites for hydroxylation is 1. The van der Waals surface area contributed by atoms with E-state index in [1.165, 1.54) is 0 Å². The number of carbonyl (C=O) groups is 1. The molecule has 8 heteroatoms. The minimum atomic E-state index is -0.0921. The Morgan fingerprint density at radius 2 is 2.14 bits per heavy atom. The van der Waals surface area contributed by atoms with Gasteiger partial charge in [-0.15, -0.1) is 0 Å². The molecule has 0 aliphatic heterocycles. The number of aromatic nitrogens is 4. The van der Waals surface area contributed by atoms with Gasteiger partial charge in [0.2, 0.25) is 5.91 Å².